The van der Waals surface area contributed by atoms with Crippen LogP contribution in [0.2, 0.25) is 0 Å². The number of benzene rings is 2. The molecule has 1 aliphatic rings. The Bertz CT molecular complexity index is 1340. The zero-order valence-electron chi connectivity index (χ0n) is 19.7. The van der Waals surface area contributed by atoms with E-state index in [1.54, 1.807) is 19.3 Å². The number of aromatic nitrogens is 3. The van der Waals surface area contributed by atoms with E-state index in [1.807, 2.05) is 11.5 Å². The lowest BCUT2D eigenvalue weighted by atomic mass is 9.91. The van der Waals surface area contributed by atoms with Gasteiger partial charge in [0, 0.05) is 12.1 Å². The summed E-state index contributed by atoms with van der Waals surface area (Å²) in [7, 11) is -3.85. The third-order valence-electron chi connectivity index (χ3n) is 6.34. The van der Waals surface area contributed by atoms with Crippen LogP contribution in [0.3, 0.4) is 0 Å². The summed E-state index contributed by atoms with van der Waals surface area (Å²) in [5.41, 5.74) is 1.29. The van der Waals surface area contributed by atoms with E-state index in [9.17, 15) is 26.0 Å². The molecule has 1 saturated carbocycles. The average molecular weight is 527 g/mol. The maximum Gasteiger partial charge on any atom is 0.573 e. The van der Waals surface area contributed by atoms with Crippen LogP contribution >= 0.6 is 0 Å². The van der Waals surface area contributed by atoms with Crippen LogP contribution in [0, 0.1) is 12.7 Å². The minimum absolute atomic E-state index is 0.105. The highest BCUT2D eigenvalue weighted by Gasteiger charge is 2.32. The Morgan fingerprint density at radius 2 is 1.86 bits per heavy atom. The monoisotopic (exact) mass is 526 g/mol. The van der Waals surface area contributed by atoms with Crippen molar-refractivity contribution in [2.45, 2.75) is 69.3 Å². The van der Waals surface area contributed by atoms with Gasteiger partial charge in [0.25, 0.3) is 0 Å². The Labute approximate surface area is 206 Å². The summed E-state index contributed by atoms with van der Waals surface area (Å²) in [4.78, 5) is 0.119. The molecule has 1 aliphatic carbocycles. The van der Waals surface area contributed by atoms with E-state index >= 15 is 0 Å². The fourth-order valence-corrected chi connectivity index (χ4v) is 6.23. The van der Waals surface area contributed by atoms with Gasteiger partial charge in [0.15, 0.2) is 11.6 Å². The summed E-state index contributed by atoms with van der Waals surface area (Å²) in [5.74, 6) is -1.32. The minimum atomic E-state index is -5.01. The lowest BCUT2D eigenvalue weighted by molar-refractivity contribution is -0.275. The minimum Gasteiger partial charge on any atom is -0.403 e. The number of hydrogen-bond acceptors (Lipinski definition) is 5. The second-order valence-corrected chi connectivity index (χ2v) is 10.5. The Kier molecular flexibility index (Phi) is 7.37. The molecule has 0 amide bonds. The number of ether oxygens (including phenoxy) is 1. The SMILES string of the molecule is CCc1cc(-c2ccc(OC(F)(F)F)c(F)c2)ccc1S(=O)(=O)N[C@H]1CCC[C@@H](n2cnnc2C)C1. The maximum absolute atomic E-state index is 14.2. The lowest BCUT2D eigenvalue weighted by Gasteiger charge is -2.30. The zero-order valence-corrected chi connectivity index (χ0v) is 20.5. The first-order chi connectivity index (χ1) is 17.0. The van der Waals surface area contributed by atoms with Gasteiger partial charge in [-0.2, -0.15) is 0 Å². The van der Waals surface area contributed by atoms with Gasteiger partial charge in [-0.15, -0.1) is 23.4 Å². The van der Waals surface area contributed by atoms with Gasteiger partial charge >= 0.3 is 6.36 Å². The normalized spacial score (nSPS) is 18.8. The van der Waals surface area contributed by atoms with Crippen molar-refractivity contribution in [2.24, 2.45) is 0 Å². The van der Waals surface area contributed by atoms with Crippen LogP contribution in [0.5, 0.6) is 5.75 Å². The highest BCUT2D eigenvalue weighted by atomic mass is 32.2. The smallest absolute Gasteiger partial charge is 0.403 e. The number of rotatable bonds is 7. The molecule has 0 unspecified atom stereocenters. The molecule has 2 atom stereocenters. The highest BCUT2D eigenvalue weighted by Crippen LogP contribution is 2.33. The molecule has 1 heterocycles. The molecule has 1 fully saturated rings. The van der Waals surface area contributed by atoms with Gasteiger partial charge in [0.2, 0.25) is 10.0 Å². The number of hydrogen-bond donors (Lipinski definition) is 1. The van der Waals surface area contributed by atoms with Gasteiger partial charge < -0.3 is 9.30 Å². The van der Waals surface area contributed by atoms with Crippen molar-refractivity contribution in [3.63, 3.8) is 0 Å². The molecule has 1 aromatic heterocycles. The molecule has 0 bridgehead atoms. The molecule has 12 heteroatoms. The van der Waals surface area contributed by atoms with Crippen molar-refractivity contribution < 1.29 is 30.7 Å². The van der Waals surface area contributed by atoms with Crippen LogP contribution in [0.25, 0.3) is 11.1 Å². The number of sulfonamides is 1. The number of nitrogens with zero attached hydrogens (tertiary/aromatic N) is 3. The average Bonchev–Trinajstić information content (AvgIpc) is 3.25. The molecule has 0 saturated heterocycles. The van der Waals surface area contributed by atoms with Crippen molar-refractivity contribution in [3.8, 4) is 16.9 Å². The molecule has 0 aliphatic heterocycles. The topological polar surface area (TPSA) is 86.1 Å². The Morgan fingerprint density at radius 3 is 2.50 bits per heavy atom. The van der Waals surface area contributed by atoms with Crippen molar-refractivity contribution in [3.05, 3.63) is 59.9 Å². The predicted octanol–water partition coefficient (Wildman–Crippen LogP) is 5.32. The van der Waals surface area contributed by atoms with Crippen molar-refractivity contribution in [2.75, 3.05) is 0 Å². The van der Waals surface area contributed by atoms with Gasteiger partial charge in [-0.3, -0.25) is 0 Å². The number of halogens is 4. The third kappa shape index (κ3) is 5.86. The summed E-state index contributed by atoms with van der Waals surface area (Å²) < 4.78 is 86.5. The molecule has 194 valence electrons. The van der Waals surface area contributed by atoms with E-state index in [2.05, 4.69) is 19.7 Å². The number of alkyl halides is 3. The van der Waals surface area contributed by atoms with Crippen LogP contribution in [-0.4, -0.2) is 35.6 Å². The Morgan fingerprint density at radius 1 is 1.14 bits per heavy atom. The highest BCUT2D eigenvalue weighted by molar-refractivity contribution is 7.89. The molecule has 0 spiro atoms. The van der Waals surface area contributed by atoms with Crippen LogP contribution < -0.4 is 9.46 Å². The first-order valence-electron chi connectivity index (χ1n) is 11.5. The van der Waals surface area contributed by atoms with Crippen LogP contribution in [0.15, 0.2) is 47.6 Å². The van der Waals surface area contributed by atoms with Crippen LogP contribution in [0.4, 0.5) is 17.6 Å². The molecule has 3 aromatic rings. The van der Waals surface area contributed by atoms with E-state index in [-0.39, 0.29) is 17.0 Å². The van der Waals surface area contributed by atoms with E-state index in [0.717, 1.165) is 30.8 Å². The number of nitrogens with one attached hydrogen (secondary N) is 1. The standard InChI is InChI=1S/C24H26F4N4O3S/c1-3-16-11-17(18-7-9-22(21(25)12-18)35-24(26,27)28)8-10-23(16)36(33,34)31-19-5-4-6-20(13-19)32-14-29-30-15(32)2/h7-12,14,19-20,31H,3-6,13H2,1-2H3/t19-,20+/m0/s1. The molecule has 2 aromatic carbocycles. The van der Waals surface area contributed by atoms with Crippen LogP contribution in [-0.2, 0) is 16.4 Å². The second kappa shape index (κ2) is 10.2. The third-order valence-corrected chi connectivity index (χ3v) is 7.96. The van der Waals surface area contributed by atoms with Crippen molar-refractivity contribution in [1.29, 1.82) is 0 Å². The fourth-order valence-electron chi connectivity index (χ4n) is 4.65. The summed E-state index contributed by atoms with van der Waals surface area (Å²) >= 11 is 0. The van der Waals surface area contributed by atoms with Crippen molar-refractivity contribution in [1.82, 2.24) is 19.5 Å². The first-order valence-corrected chi connectivity index (χ1v) is 13.0. The maximum atomic E-state index is 14.2. The van der Waals surface area contributed by atoms with Gasteiger partial charge in [0.05, 0.1) is 4.90 Å². The zero-order chi connectivity index (χ0) is 26.1. The fraction of sp³-hybridized carbons (Fsp3) is 0.417. The van der Waals surface area contributed by atoms with E-state index in [4.69, 9.17) is 0 Å². The first kappa shape index (κ1) is 26.1. The Hall–Kier alpha value is -2.99. The summed E-state index contributed by atoms with van der Waals surface area (Å²) in [6, 6.07) is 7.53. The van der Waals surface area contributed by atoms with Crippen LogP contribution in [0.1, 0.15) is 50.0 Å². The molecular weight excluding hydrogens is 500 g/mol. The molecule has 0 radical (unpaired) electrons. The van der Waals surface area contributed by atoms with E-state index in [0.29, 0.717) is 36.0 Å². The molecule has 1 N–H and O–H groups in total. The van der Waals surface area contributed by atoms with E-state index < -0.39 is 28.0 Å². The Balaban J connectivity index is 1.54. The molecule has 4 rings (SSSR count). The molecular formula is C24H26F4N4O3S. The van der Waals surface area contributed by atoms with Gasteiger partial charge in [-0.05, 0) is 80.0 Å². The van der Waals surface area contributed by atoms with Gasteiger partial charge in [0.1, 0.15) is 12.2 Å². The predicted molar refractivity (Wildman–Crippen MR) is 124 cm³/mol. The van der Waals surface area contributed by atoms with Gasteiger partial charge in [-0.1, -0.05) is 19.1 Å². The quantitative estimate of drug-likeness (QED) is 0.422. The van der Waals surface area contributed by atoms with Gasteiger partial charge in [-0.25, -0.2) is 17.5 Å². The largest absolute Gasteiger partial charge is 0.573 e. The second-order valence-electron chi connectivity index (χ2n) is 8.79. The molecule has 7 nitrogen and oxygen atoms in total. The lowest BCUT2D eigenvalue weighted by Crippen LogP contribution is -2.39. The molecule has 36 heavy (non-hydrogen) atoms. The summed E-state index contributed by atoms with van der Waals surface area (Å²) in [6.45, 7) is 3.66. The summed E-state index contributed by atoms with van der Waals surface area (Å²) in [6.07, 6.45) is 0.132. The van der Waals surface area contributed by atoms with E-state index in [1.165, 1.54) is 18.2 Å². The van der Waals surface area contributed by atoms with Crippen molar-refractivity contribution >= 4 is 10.0 Å². The summed E-state index contributed by atoms with van der Waals surface area (Å²) in [5, 5.41) is 7.93. The number of aryl methyl sites for hydroxylation is 2.